The summed E-state index contributed by atoms with van der Waals surface area (Å²) in [4.78, 5) is 13.7. The molecule has 1 N–H and O–H groups in total. The first-order valence-electron chi connectivity index (χ1n) is 8.25. The Hall–Kier alpha value is -1.74. The van der Waals surface area contributed by atoms with Crippen LogP contribution >= 0.6 is 11.8 Å². The van der Waals surface area contributed by atoms with Crippen molar-refractivity contribution >= 4 is 17.7 Å². The molecule has 2 aromatic rings. The quantitative estimate of drug-likeness (QED) is 0.828. The smallest absolute Gasteiger partial charge is 0.233 e. The maximum Gasteiger partial charge on any atom is 0.233 e. The molecule has 120 valence electrons. The monoisotopic (exact) mass is 325 g/mol. The Morgan fingerprint density at radius 3 is 2.70 bits per heavy atom. The topological polar surface area (TPSA) is 29.1 Å². The number of thioether (sulfide) groups is 1. The predicted octanol–water partition coefficient (Wildman–Crippen LogP) is 4.67. The van der Waals surface area contributed by atoms with Gasteiger partial charge in [0.1, 0.15) is 0 Å². The Morgan fingerprint density at radius 1 is 1.17 bits per heavy atom. The second-order valence-electron chi connectivity index (χ2n) is 6.23. The Labute approximate surface area is 142 Å². The van der Waals surface area contributed by atoms with Gasteiger partial charge in [0.2, 0.25) is 5.91 Å². The van der Waals surface area contributed by atoms with Crippen LogP contribution < -0.4 is 5.32 Å². The van der Waals surface area contributed by atoms with E-state index in [9.17, 15) is 4.79 Å². The van der Waals surface area contributed by atoms with Crippen LogP contribution in [0, 0.1) is 6.92 Å². The minimum Gasteiger partial charge on any atom is -0.348 e. The van der Waals surface area contributed by atoms with Gasteiger partial charge in [0.05, 0.1) is 11.3 Å². The first kappa shape index (κ1) is 16.1. The highest BCUT2D eigenvalue weighted by Gasteiger charge is 2.23. The molecule has 1 amide bonds. The first-order valence-corrected chi connectivity index (χ1v) is 9.13. The summed E-state index contributed by atoms with van der Waals surface area (Å²) in [5.74, 6) is 0.122. The molecule has 1 aliphatic rings. The molecule has 2 nitrogen and oxygen atoms in total. The molecular formula is C20H23NOS. The molecule has 0 heterocycles. The van der Waals surface area contributed by atoms with E-state index in [1.165, 1.54) is 16.7 Å². The van der Waals surface area contributed by atoms with Gasteiger partial charge >= 0.3 is 0 Å². The van der Waals surface area contributed by atoms with Crippen LogP contribution in [0.25, 0.3) is 0 Å². The molecule has 3 rings (SSSR count). The lowest BCUT2D eigenvalue weighted by atomic mass is 9.88. The highest BCUT2D eigenvalue weighted by Crippen LogP contribution is 2.30. The van der Waals surface area contributed by atoms with Crippen molar-refractivity contribution in [3.63, 3.8) is 0 Å². The SMILES string of the molecule is Cc1ccc(S[C@@H](C)C(=O)N[C@@H]2CCCc3ccccc32)cc1. The zero-order valence-electron chi connectivity index (χ0n) is 13.7. The van der Waals surface area contributed by atoms with Crippen LogP contribution in [0.1, 0.15) is 42.5 Å². The number of aryl methyl sites for hydroxylation is 2. The fourth-order valence-electron chi connectivity index (χ4n) is 3.07. The van der Waals surface area contributed by atoms with Gasteiger partial charge < -0.3 is 5.32 Å². The standard InChI is InChI=1S/C20H23NOS/c1-14-10-12-17(13-11-14)23-15(2)20(22)21-19-9-5-7-16-6-3-4-8-18(16)19/h3-4,6,8,10-13,15,19H,5,7,9H2,1-2H3,(H,21,22)/t15-,19+/m0/s1. The third-order valence-electron chi connectivity index (χ3n) is 4.39. The van der Waals surface area contributed by atoms with E-state index in [0.717, 1.165) is 24.2 Å². The summed E-state index contributed by atoms with van der Waals surface area (Å²) < 4.78 is 0. The molecule has 1 aliphatic carbocycles. The minimum absolute atomic E-state index is 0.0909. The Kier molecular flexibility index (Phi) is 5.06. The van der Waals surface area contributed by atoms with Gasteiger partial charge in [-0.1, -0.05) is 42.0 Å². The summed E-state index contributed by atoms with van der Waals surface area (Å²) in [5, 5.41) is 3.16. The van der Waals surface area contributed by atoms with Crippen molar-refractivity contribution in [1.29, 1.82) is 0 Å². The third kappa shape index (κ3) is 3.97. The van der Waals surface area contributed by atoms with Gasteiger partial charge in [-0.3, -0.25) is 4.79 Å². The Morgan fingerprint density at radius 2 is 1.91 bits per heavy atom. The summed E-state index contributed by atoms with van der Waals surface area (Å²) >= 11 is 1.62. The van der Waals surface area contributed by atoms with E-state index in [2.05, 4.69) is 60.8 Å². The van der Waals surface area contributed by atoms with Crippen LogP contribution in [0.15, 0.2) is 53.4 Å². The van der Waals surface area contributed by atoms with Crippen LogP contribution in [-0.2, 0) is 11.2 Å². The third-order valence-corrected chi connectivity index (χ3v) is 5.50. The zero-order chi connectivity index (χ0) is 16.2. The van der Waals surface area contributed by atoms with Crippen LogP contribution in [0.4, 0.5) is 0 Å². The Bertz CT molecular complexity index is 680. The molecule has 2 atom stereocenters. The summed E-state index contributed by atoms with van der Waals surface area (Å²) in [6.07, 6.45) is 3.29. The van der Waals surface area contributed by atoms with Crippen LogP contribution in [0.5, 0.6) is 0 Å². The van der Waals surface area contributed by atoms with E-state index < -0.39 is 0 Å². The van der Waals surface area contributed by atoms with E-state index in [4.69, 9.17) is 0 Å². The number of amides is 1. The van der Waals surface area contributed by atoms with Gasteiger partial charge in [-0.15, -0.1) is 11.8 Å². The number of hydrogen-bond acceptors (Lipinski definition) is 2. The van der Waals surface area contributed by atoms with E-state index in [1.807, 2.05) is 6.92 Å². The average Bonchev–Trinajstić information content (AvgIpc) is 2.57. The molecule has 0 aliphatic heterocycles. The lowest BCUT2D eigenvalue weighted by molar-refractivity contribution is -0.121. The number of rotatable bonds is 4. The average molecular weight is 325 g/mol. The molecule has 0 radical (unpaired) electrons. The number of carbonyl (C=O) groups is 1. The van der Waals surface area contributed by atoms with Crippen molar-refractivity contribution in [1.82, 2.24) is 5.32 Å². The molecule has 0 saturated carbocycles. The van der Waals surface area contributed by atoms with E-state index in [0.29, 0.717) is 0 Å². The van der Waals surface area contributed by atoms with Crippen molar-refractivity contribution in [2.75, 3.05) is 0 Å². The predicted molar refractivity (Wildman–Crippen MR) is 96.8 cm³/mol. The number of benzene rings is 2. The van der Waals surface area contributed by atoms with E-state index in [1.54, 1.807) is 11.8 Å². The zero-order valence-corrected chi connectivity index (χ0v) is 14.5. The highest BCUT2D eigenvalue weighted by molar-refractivity contribution is 8.00. The van der Waals surface area contributed by atoms with Crippen LogP contribution in [-0.4, -0.2) is 11.2 Å². The van der Waals surface area contributed by atoms with Crippen molar-refractivity contribution in [3.8, 4) is 0 Å². The van der Waals surface area contributed by atoms with E-state index >= 15 is 0 Å². The van der Waals surface area contributed by atoms with Crippen molar-refractivity contribution in [2.45, 2.75) is 49.3 Å². The lowest BCUT2D eigenvalue weighted by Gasteiger charge is -2.27. The van der Waals surface area contributed by atoms with Gasteiger partial charge in [0, 0.05) is 4.90 Å². The first-order chi connectivity index (χ1) is 11.1. The molecule has 3 heteroatoms. The van der Waals surface area contributed by atoms with Crippen molar-refractivity contribution < 1.29 is 4.79 Å². The molecule has 0 spiro atoms. The largest absolute Gasteiger partial charge is 0.348 e. The lowest BCUT2D eigenvalue weighted by Crippen LogP contribution is -2.35. The molecule has 0 saturated heterocycles. The molecular weight excluding hydrogens is 302 g/mol. The number of carbonyl (C=O) groups excluding carboxylic acids is 1. The van der Waals surface area contributed by atoms with Crippen molar-refractivity contribution in [2.24, 2.45) is 0 Å². The summed E-state index contributed by atoms with van der Waals surface area (Å²) in [6, 6.07) is 17.0. The fraction of sp³-hybridized carbons (Fsp3) is 0.350. The number of hydrogen-bond donors (Lipinski definition) is 1. The van der Waals surface area contributed by atoms with E-state index in [-0.39, 0.29) is 17.2 Å². The van der Waals surface area contributed by atoms with Gasteiger partial charge in [0.15, 0.2) is 0 Å². The summed E-state index contributed by atoms with van der Waals surface area (Å²) in [7, 11) is 0. The minimum atomic E-state index is -0.0909. The highest BCUT2D eigenvalue weighted by atomic mass is 32.2. The van der Waals surface area contributed by atoms with Gasteiger partial charge in [-0.05, 0) is 56.4 Å². The van der Waals surface area contributed by atoms with Gasteiger partial charge in [-0.25, -0.2) is 0 Å². The maximum atomic E-state index is 12.6. The molecule has 0 fully saturated rings. The second kappa shape index (κ2) is 7.22. The number of nitrogens with one attached hydrogen (secondary N) is 1. The molecule has 0 unspecified atom stereocenters. The second-order valence-corrected chi connectivity index (χ2v) is 7.64. The molecule has 23 heavy (non-hydrogen) atoms. The summed E-state index contributed by atoms with van der Waals surface area (Å²) in [5.41, 5.74) is 3.91. The van der Waals surface area contributed by atoms with Gasteiger partial charge in [0.25, 0.3) is 0 Å². The molecule has 2 aromatic carbocycles. The maximum absolute atomic E-state index is 12.6. The summed E-state index contributed by atoms with van der Waals surface area (Å²) in [6.45, 7) is 4.06. The van der Waals surface area contributed by atoms with Crippen LogP contribution in [0.3, 0.4) is 0 Å². The van der Waals surface area contributed by atoms with Crippen molar-refractivity contribution in [3.05, 3.63) is 65.2 Å². The fourth-order valence-corrected chi connectivity index (χ4v) is 3.94. The van der Waals surface area contributed by atoms with Gasteiger partial charge in [-0.2, -0.15) is 0 Å². The molecule has 0 aromatic heterocycles. The Balaban J connectivity index is 1.64. The number of fused-ring (bicyclic) bond motifs is 1. The normalized spacial score (nSPS) is 18.1. The molecule has 0 bridgehead atoms. The van der Waals surface area contributed by atoms with Crippen LogP contribution in [0.2, 0.25) is 0 Å².